The van der Waals surface area contributed by atoms with Gasteiger partial charge in [-0.2, -0.15) is 0 Å². The zero-order chi connectivity index (χ0) is 14.4. The highest BCUT2D eigenvalue weighted by Gasteiger charge is 2.13. The molecule has 0 aliphatic carbocycles. The maximum Gasteiger partial charge on any atom is 0.319 e. The molecule has 1 aliphatic rings. The Balaban J connectivity index is 1.70. The number of anilines is 1. The Morgan fingerprint density at radius 1 is 1.30 bits per heavy atom. The molecular formula is C14H20ClFN3O+. The molecule has 1 aliphatic heterocycles. The van der Waals surface area contributed by atoms with Gasteiger partial charge in [0.05, 0.1) is 31.2 Å². The van der Waals surface area contributed by atoms with Gasteiger partial charge in [-0.15, -0.1) is 0 Å². The normalized spacial score (nSPS) is 15.9. The van der Waals surface area contributed by atoms with Gasteiger partial charge < -0.3 is 15.5 Å². The number of likely N-dealkylation sites (tertiary alicyclic amines) is 1. The number of halogens is 2. The average Bonchev–Trinajstić information content (AvgIpc) is 2.44. The number of hydrogen-bond donors (Lipinski definition) is 3. The van der Waals surface area contributed by atoms with Gasteiger partial charge in [0.2, 0.25) is 0 Å². The van der Waals surface area contributed by atoms with Crippen molar-refractivity contribution in [1.29, 1.82) is 0 Å². The number of rotatable bonds is 4. The molecule has 0 bridgehead atoms. The zero-order valence-electron chi connectivity index (χ0n) is 11.3. The fraction of sp³-hybridized carbons (Fsp3) is 0.500. The molecule has 1 aromatic carbocycles. The summed E-state index contributed by atoms with van der Waals surface area (Å²) in [5, 5.41) is 5.44. The predicted molar refractivity (Wildman–Crippen MR) is 77.8 cm³/mol. The van der Waals surface area contributed by atoms with E-state index in [1.807, 2.05) is 0 Å². The number of amides is 2. The largest absolute Gasteiger partial charge is 0.333 e. The molecule has 2 rings (SSSR count). The number of urea groups is 1. The molecule has 0 unspecified atom stereocenters. The summed E-state index contributed by atoms with van der Waals surface area (Å²) < 4.78 is 13.0. The van der Waals surface area contributed by atoms with E-state index in [2.05, 4.69) is 10.6 Å². The first-order valence-corrected chi connectivity index (χ1v) is 7.36. The van der Waals surface area contributed by atoms with Crippen LogP contribution >= 0.6 is 11.6 Å². The molecule has 3 N–H and O–H groups in total. The van der Waals surface area contributed by atoms with E-state index in [-0.39, 0.29) is 11.1 Å². The number of hydrogen-bond acceptors (Lipinski definition) is 1. The summed E-state index contributed by atoms with van der Waals surface area (Å²) in [4.78, 5) is 13.2. The number of carbonyl (C=O) groups is 1. The summed E-state index contributed by atoms with van der Waals surface area (Å²) >= 11 is 5.65. The third-order valence-electron chi connectivity index (χ3n) is 3.50. The maximum atomic E-state index is 13.0. The molecule has 0 aromatic heterocycles. The molecule has 110 valence electrons. The first kappa shape index (κ1) is 15.1. The van der Waals surface area contributed by atoms with E-state index in [1.54, 1.807) is 4.90 Å². The number of quaternary nitrogens is 1. The van der Waals surface area contributed by atoms with Crippen LogP contribution in [0.1, 0.15) is 19.3 Å². The Hall–Kier alpha value is -1.33. The van der Waals surface area contributed by atoms with E-state index in [4.69, 9.17) is 11.6 Å². The lowest BCUT2D eigenvalue weighted by Crippen LogP contribution is -3.13. The summed E-state index contributed by atoms with van der Waals surface area (Å²) in [5.74, 6) is -0.494. The van der Waals surface area contributed by atoms with E-state index in [0.29, 0.717) is 12.2 Å². The van der Waals surface area contributed by atoms with Crippen molar-refractivity contribution >= 4 is 23.3 Å². The maximum absolute atomic E-state index is 13.0. The van der Waals surface area contributed by atoms with Crippen molar-refractivity contribution in [2.24, 2.45) is 0 Å². The van der Waals surface area contributed by atoms with Gasteiger partial charge in [-0.25, -0.2) is 9.18 Å². The summed E-state index contributed by atoms with van der Waals surface area (Å²) in [5.41, 5.74) is 0.485. The monoisotopic (exact) mass is 300 g/mol. The van der Waals surface area contributed by atoms with Crippen LogP contribution in [0.2, 0.25) is 5.02 Å². The van der Waals surface area contributed by atoms with E-state index >= 15 is 0 Å². The second kappa shape index (κ2) is 7.45. The Kier molecular flexibility index (Phi) is 5.61. The average molecular weight is 301 g/mol. The molecule has 4 nitrogen and oxygen atoms in total. The van der Waals surface area contributed by atoms with Crippen LogP contribution in [0.3, 0.4) is 0 Å². The van der Waals surface area contributed by atoms with Crippen LogP contribution in [0.25, 0.3) is 0 Å². The smallest absolute Gasteiger partial charge is 0.319 e. The van der Waals surface area contributed by atoms with Gasteiger partial charge in [-0.05, 0) is 37.5 Å². The lowest BCUT2D eigenvalue weighted by molar-refractivity contribution is -0.903. The van der Waals surface area contributed by atoms with Crippen molar-refractivity contribution in [3.63, 3.8) is 0 Å². The fourth-order valence-electron chi connectivity index (χ4n) is 2.40. The Morgan fingerprint density at radius 2 is 2.05 bits per heavy atom. The van der Waals surface area contributed by atoms with Gasteiger partial charge >= 0.3 is 6.03 Å². The first-order valence-electron chi connectivity index (χ1n) is 6.98. The lowest BCUT2D eigenvalue weighted by atomic mass is 10.1. The number of piperidine rings is 1. The summed E-state index contributed by atoms with van der Waals surface area (Å²) in [6.07, 6.45) is 3.87. The van der Waals surface area contributed by atoms with Crippen molar-refractivity contribution in [2.75, 3.05) is 31.5 Å². The van der Waals surface area contributed by atoms with E-state index in [9.17, 15) is 9.18 Å². The highest BCUT2D eigenvalue weighted by atomic mass is 35.5. The molecule has 2 amide bonds. The number of nitrogens with one attached hydrogen (secondary N) is 3. The summed E-state index contributed by atoms with van der Waals surface area (Å²) in [6.45, 7) is 3.96. The van der Waals surface area contributed by atoms with Crippen LogP contribution < -0.4 is 15.5 Å². The van der Waals surface area contributed by atoms with E-state index in [1.165, 1.54) is 50.6 Å². The molecule has 1 fully saturated rings. The van der Waals surface area contributed by atoms with Gasteiger partial charge in [0, 0.05) is 5.69 Å². The highest BCUT2D eigenvalue weighted by molar-refractivity contribution is 6.31. The molecule has 6 heteroatoms. The Bertz CT molecular complexity index is 464. The molecule has 1 saturated heterocycles. The van der Waals surface area contributed by atoms with Crippen molar-refractivity contribution in [3.8, 4) is 0 Å². The Morgan fingerprint density at radius 3 is 2.75 bits per heavy atom. The van der Waals surface area contributed by atoms with Crippen LogP contribution in [0.15, 0.2) is 18.2 Å². The summed E-state index contributed by atoms with van der Waals surface area (Å²) in [7, 11) is 0. The third kappa shape index (κ3) is 4.65. The van der Waals surface area contributed by atoms with Crippen molar-refractivity contribution in [3.05, 3.63) is 29.0 Å². The Labute approximate surface area is 123 Å². The zero-order valence-corrected chi connectivity index (χ0v) is 12.1. The van der Waals surface area contributed by atoms with Gasteiger partial charge in [0.15, 0.2) is 0 Å². The minimum absolute atomic E-state index is 0.000520. The van der Waals surface area contributed by atoms with Crippen LogP contribution in [-0.4, -0.2) is 32.2 Å². The number of carbonyl (C=O) groups excluding carboxylic acids is 1. The third-order valence-corrected chi connectivity index (χ3v) is 3.79. The van der Waals surface area contributed by atoms with E-state index < -0.39 is 5.82 Å². The van der Waals surface area contributed by atoms with Crippen LogP contribution in [0.4, 0.5) is 14.9 Å². The first-order chi connectivity index (χ1) is 9.65. The molecule has 0 atom stereocenters. The standard InChI is InChI=1S/C14H19ClFN3O/c15-12-10-11(4-5-13(12)16)18-14(20)17-6-9-19-7-2-1-3-8-19/h4-5,10H,1-3,6-9H2,(H2,17,18,20)/p+1. The predicted octanol–water partition coefficient (Wildman–Crippen LogP) is 1.67. The van der Waals surface area contributed by atoms with E-state index in [0.717, 1.165) is 6.54 Å². The molecule has 1 aromatic rings. The van der Waals surface area contributed by atoms with Gasteiger partial charge in [0.1, 0.15) is 5.82 Å². The summed E-state index contributed by atoms with van der Waals surface area (Å²) in [6, 6.07) is 3.82. The molecule has 1 heterocycles. The topological polar surface area (TPSA) is 45.6 Å². The van der Waals surface area contributed by atoms with Crippen LogP contribution in [-0.2, 0) is 0 Å². The van der Waals surface area contributed by atoms with Crippen molar-refractivity contribution in [2.45, 2.75) is 19.3 Å². The minimum atomic E-state index is -0.494. The SMILES string of the molecule is O=C(NCC[NH+]1CCCCC1)Nc1ccc(F)c(Cl)c1. The molecule has 0 radical (unpaired) electrons. The second-order valence-electron chi connectivity index (χ2n) is 5.07. The molecule has 0 saturated carbocycles. The minimum Gasteiger partial charge on any atom is -0.333 e. The van der Waals surface area contributed by atoms with Crippen molar-refractivity contribution < 1.29 is 14.1 Å². The van der Waals surface area contributed by atoms with Crippen molar-refractivity contribution in [1.82, 2.24) is 5.32 Å². The fourth-order valence-corrected chi connectivity index (χ4v) is 2.58. The van der Waals surface area contributed by atoms with Gasteiger partial charge in [-0.3, -0.25) is 0 Å². The molecule has 0 spiro atoms. The van der Waals surface area contributed by atoms with Crippen LogP contribution in [0.5, 0.6) is 0 Å². The number of benzene rings is 1. The van der Waals surface area contributed by atoms with Gasteiger partial charge in [0.25, 0.3) is 0 Å². The molecule has 20 heavy (non-hydrogen) atoms. The lowest BCUT2D eigenvalue weighted by Gasteiger charge is -2.23. The second-order valence-corrected chi connectivity index (χ2v) is 5.48. The quantitative estimate of drug-likeness (QED) is 0.778. The molecular weight excluding hydrogens is 281 g/mol. The van der Waals surface area contributed by atoms with Gasteiger partial charge in [-0.1, -0.05) is 11.6 Å². The highest BCUT2D eigenvalue weighted by Crippen LogP contribution is 2.19. The van der Waals surface area contributed by atoms with Crippen LogP contribution in [0, 0.1) is 5.82 Å².